The minimum atomic E-state index is 0. The molecule has 1 atom stereocenters. The minimum absolute atomic E-state index is 0. The first-order valence-electron chi connectivity index (χ1n) is 10.1. The summed E-state index contributed by atoms with van der Waals surface area (Å²) in [6, 6.07) is 8.45. The van der Waals surface area contributed by atoms with Crippen LogP contribution in [0.2, 0.25) is 0 Å². The molecule has 2 heterocycles. The van der Waals surface area contributed by atoms with Crippen LogP contribution in [0.3, 0.4) is 0 Å². The molecule has 28 heavy (non-hydrogen) atoms. The van der Waals surface area contributed by atoms with Gasteiger partial charge in [-0.2, -0.15) is 11.8 Å². The van der Waals surface area contributed by atoms with E-state index in [0.717, 1.165) is 32.0 Å². The van der Waals surface area contributed by atoms with Crippen molar-refractivity contribution in [3.05, 3.63) is 35.4 Å². The highest BCUT2D eigenvalue weighted by molar-refractivity contribution is 14.0. The van der Waals surface area contributed by atoms with E-state index in [2.05, 4.69) is 60.5 Å². The number of thioether (sulfide) groups is 1. The number of likely N-dealkylation sites (tertiary alicyclic amines) is 1. The summed E-state index contributed by atoms with van der Waals surface area (Å²) < 4.78 is 0.318. The van der Waals surface area contributed by atoms with E-state index in [1.165, 1.54) is 29.7 Å². The highest BCUT2D eigenvalue weighted by Gasteiger charge is 2.29. The highest BCUT2D eigenvalue weighted by atomic mass is 127. The van der Waals surface area contributed by atoms with E-state index >= 15 is 0 Å². The molecule has 1 aromatic rings. The molecule has 0 aliphatic carbocycles. The van der Waals surface area contributed by atoms with E-state index in [0.29, 0.717) is 24.3 Å². The van der Waals surface area contributed by atoms with Gasteiger partial charge in [0, 0.05) is 37.3 Å². The lowest BCUT2D eigenvalue weighted by Gasteiger charge is -2.24. The SMILES string of the molecule is CCNC(=NCc1cccc(CN2CCCC2=O)c1)NCC1(C)CCCS1.I. The monoisotopic (exact) mass is 516 g/mol. The molecule has 5 nitrogen and oxygen atoms in total. The Labute approximate surface area is 190 Å². The maximum absolute atomic E-state index is 11.8. The number of hydrogen-bond donors (Lipinski definition) is 2. The number of nitrogens with one attached hydrogen (secondary N) is 2. The van der Waals surface area contributed by atoms with Crippen LogP contribution in [0.15, 0.2) is 29.3 Å². The van der Waals surface area contributed by atoms with Crippen LogP contribution in [0.4, 0.5) is 0 Å². The summed E-state index contributed by atoms with van der Waals surface area (Å²) in [5.41, 5.74) is 2.36. The van der Waals surface area contributed by atoms with Gasteiger partial charge in [0.1, 0.15) is 0 Å². The summed E-state index contributed by atoms with van der Waals surface area (Å²) in [5.74, 6) is 2.42. The van der Waals surface area contributed by atoms with E-state index in [-0.39, 0.29) is 29.9 Å². The van der Waals surface area contributed by atoms with Crippen molar-refractivity contribution in [1.29, 1.82) is 0 Å². The molecule has 0 radical (unpaired) electrons. The van der Waals surface area contributed by atoms with Crippen molar-refractivity contribution < 1.29 is 4.79 Å². The quantitative estimate of drug-likeness (QED) is 0.329. The fourth-order valence-electron chi connectivity index (χ4n) is 3.68. The number of rotatable bonds is 7. The largest absolute Gasteiger partial charge is 0.357 e. The number of benzene rings is 1. The smallest absolute Gasteiger partial charge is 0.222 e. The number of hydrogen-bond acceptors (Lipinski definition) is 3. The molecule has 0 spiro atoms. The second-order valence-corrected chi connectivity index (χ2v) is 9.37. The summed E-state index contributed by atoms with van der Waals surface area (Å²) >= 11 is 2.06. The maximum atomic E-state index is 11.8. The van der Waals surface area contributed by atoms with Crippen molar-refractivity contribution in [1.82, 2.24) is 15.5 Å². The molecule has 2 fully saturated rings. The van der Waals surface area contributed by atoms with Crippen molar-refractivity contribution in [2.24, 2.45) is 4.99 Å². The van der Waals surface area contributed by atoms with Crippen LogP contribution in [0.25, 0.3) is 0 Å². The van der Waals surface area contributed by atoms with Gasteiger partial charge in [0.25, 0.3) is 0 Å². The summed E-state index contributed by atoms with van der Waals surface area (Å²) in [5, 5.41) is 6.87. The third kappa shape index (κ3) is 6.83. The molecule has 0 aromatic heterocycles. The Hall–Kier alpha value is -0.960. The van der Waals surface area contributed by atoms with E-state index in [4.69, 9.17) is 4.99 Å². The summed E-state index contributed by atoms with van der Waals surface area (Å²) in [6.07, 6.45) is 4.25. The van der Waals surface area contributed by atoms with Gasteiger partial charge in [-0.25, -0.2) is 4.99 Å². The van der Waals surface area contributed by atoms with E-state index in [1.54, 1.807) is 0 Å². The predicted octanol–water partition coefficient (Wildman–Crippen LogP) is 3.77. The third-order valence-corrected chi connectivity index (χ3v) is 6.77. The van der Waals surface area contributed by atoms with Crippen LogP contribution in [0.5, 0.6) is 0 Å². The Morgan fingerprint density at radius 3 is 2.79 bits per heavy atom. The number of halogens is 1. The lowest BCUT2D eigenvalue weighted by Crippen LogP contribution is -2.43. The molecule has 2 N–H and O–H groups in total. The molecule has 2 saturated heterocycles. The summed E-state index contributed by atoms with van der Waals surface area (Å²) in [4.78, 5) is 18.6. The number of guanidine groups is 1. The van der Waals surface area contributed by atoms with Crippen LogP contribution >= 0.6 is 35.7 Å². The Morgan fingerprint density at radius 2 is 2.11 bits per heavy atom. The van der Waals surface area contributed by atoms with Gasteiger partial charge in [0.05, 0.1) is 6.54 Å². The Morgan fingerprint density at radius 1 is 1.29 bits per heavy atom. The average molecular weight is 516 g/mol. The molecule has 156 valence electrons. The molecule has 3 rings (SSSR count). The molecule has 2 aliphatic rings. The first-order valence-corrected chi connectivity index (χ1v) is 11.1. The first-order chi connectivity index (χ1) is 13.1. The van der Waals surface area contributed by atoms with Crippen molar-refractivity contribution in [2.75, 3.05) is 25.4 Å². The number of aliphatic imine (C=N–C) groups is 1. The standard InChI is InChI=1S/C21H32N4OS.HI/c1-3-22-20(24-16-21(2)10-6-12-27-21)23-14-17-7-4-8-18(13-17)15-25-11-5-9-19(25)26;/h4,7-8,13H,3,5-6,9-12,14-16H2,1-2H3,(H2,22,23,24);1H. The van der Waals surface area contributed by atoms with Crippen LogP contribution in [0.1, 0.15) is 50.7 Å². The van der Waals surface area contributed by atoms with Crippen molar-refractivity contribution in [2.45, 2.75) is 57.4 Å². The zero-order valence-corrected chi connectivity index (χ0v) is 20.1. The zero-order valence-electron chi connectivity index (χ0n) is 17.0. The fourth-order valence-corrected chi connectivity index (χ4v) is 4.92. The first kappa shape index (κ1) is 23.3. The summed E-state index contributed by atoms with van der Waals surface area (Å²) in [6.45, 7) is 8.46. The molecular weight excluding hydrogens is 483 g/mol. The number of nitrogens with zero attached hydrogens (tertiary/aromatic N) is 2. The summed E-state index contributed by atoms with van der Waals surface area (Å²) in [7, 11) is 0. The molecule has 2 aliphatic heterocycles. The predicted molar refractivity (Wildman–Crippen MR) is 129 cm³/mol. The van der Waals surface area contributed by atoms with E-state index in [1.807, 2.05) is 4.90 Å². The van der Waals surface area contributed by atoms with Gasteiger partial charge in [0.2, 0.25) is 5.91 Å². The topological polar surface area (TPSA) is 56.7 Å². The van der Waals surface area contributed by atoms with Gasteiger partial charge in [-0.15, -0.1) is 24.0 Å². The molecular formula is C21H33IN4OS. The van der Waals surface area contributed by atoms with Gasteiger partial charge < -0.3 is 15.5 Å². The molecule has 1 amide bonds. The molecule has 1 unspecified atom stereocenters. The number of carbonyl (C=O) groups excluding carboxylic acids is 1. The van der Waals surface area contributed by atoms with Gasteiger partial charge in [-0.1, -0.05) is 24.3 Å². The van der Waals surface area contributed by atoms with Gasteiger partial charge in [-0.3, -0.25) is 4.79 Å². The average Bonchev–Trinajstić information content (AvgIpc) is 3.27. The molecule has 7 heteroatoms. The highest BCUT2D eigenvalue weighted by Crippen LogP contribution is 2.36. The zero-order chi connectivity index (χ0) is 19.1. The van der Waals surface area contributed by atoms with E-state index in [9.17, 15) is 4.79 Å². The van der Waals surface area contributed by atoms with Crippen molar-refractivity contribution >= 4 is 47.6 Å². The van der Waals surface area contributed by atoms with E-state index < -0.39 is 0 Å². The van der Waals surface area contributed by atoms with Gasteiger partial charge in [0.15, 0.2) is 5.96 Å². The van der Waals surface area contributed by atoms with Crippen molar-refractivity contribution in [3.63, 3.8) is 0 Å². The maximum Gasteiger partial charge on any atom is 0.222 e. The Balaban J connectivity index is 0.00000280. The minimum Gasteiger partial charge on any atom is -0.357 e. The lowest BCUT2D eigenvalue weighted by atomic mass is 10.1. The van der Waals surface area contributed by atoms with Crippen LogP contribution in [-0.2, 0) is 17.9 Å². The van der Waals surface area contributed by atoms with Crippen LogP contribution in [0, 0.1) is 0 Å². The molecule has 1 aromatic carbocycles. The Bertz CT molecular complexity index is 676. The normalized spacial score (nSPS) is 22.3. The lowest BCUT2D eigenvalue weighted by molar-refractivity contribution is -0.128. The van der Waals surface area contributed by atoms with Crippen molar-refractivity contribution in [3.8, 4) is 0 Å². The molecule has 0 saturated carbocycles. The third-order valence-electron chi connectivity index (χ3n) is 5.23. The van der Waals surface area contributed by atoms with Gasteiger partial charge >= 0.3 is 0 Å². The van der Waals surface area contributed by atoms with Crippen LogP contribution < -0.4 is 10.6 Å². The van der Waals surface area contributed by atoms with Gasteiger partial charge in [-0.05, 0) is 50.0 Å². The molecule has 0 bridgehead atoms. The second-order valence-electron chi connectivity index (χ2n) is 7.69. The number of amides is 1. The second kappa shape index (κ2) is 11.3. The fraction of sp³-hybridized carbons (Fsp3) is 0.619. The Kier molecular flexibility index (Phi) is 9.40. The number of carbonyl (C=O) groups is 1. The van der Waals surface area contributed by atoms with Crippen LogP contribution in [-0.4, -0.2) is 46.9 Å².